The summed E-state index contributed by atoms with van der Waals surface area (Å²) in [5, 5.41) is 1.57. The Morgan fingerprint density at radius 1 is 0.725 bits per heavy atom. The maximum atomic E-state index is 12.5. The summed E-state index contributed by atoms with van der Waals surface area (Å²) in [6.45, 7) is 5.64. The Labute approximate surface area is 306 Å². The highest BCUT2D eigenvalue weighted by Crippen LogP contribution is 2.38. The summed E-state index contributed by atoms with van der Waals surface area (Å²) in [6.07, 6.45) is 0. The van der Waals surface area contributed by atoms with E-state index < -0.39 is 9.84 Å². The lowest BCUT2D eigenvalue weighted by Gasteiger charge is -2.14. The van der Waals surface area contributed by atoms with E-state index in [9.17, 15) is 13.2 Å². The first-order valence-electron chi connectivity index (χ1n) is 15.9. The van der Waals surface area contributed by atoms with E-state index in [0.717, 1.165) is 11.3 Å². The number of rotatable bonds is 16. The molecule has 0 saturated carbocycles. The van der Waals surface area contributed by atoms with Crippen LogP contribution in [0.5, 0.6) is 28.9 Å². The van der Waals surface area contributed by atoms with Gasteiger partial charge in [0, 0.05) is 37.1 Å². The van der Waals surface area contributed by atoms with Gasteiger partial charge in [-0.3, -0.25) is 4.79 Å². The number of pyridine rings is 2. The van der Waals surface area contributed by atoms with Crippen molar-refractivity contribution in [2.45, 2.75) is 25.5 Å². The van der Waals surface area contributed by atoms with Crippen LogP contribution in [-0.2, 0) is 25.9 Å². The molecular formula is C36H40Cl2N2O10S. The van der Waals surface area contributed by atoms with Crippen LogP contribution < -0.4 is 29.1 Å². The number of halogens is 2. The second-order valence-corrected chi connectivity index (χ2v) is 13.7. The van der Waals surface area contributed by atoms with Gasteiger partial charge in [-0.25, -0.2) is 13.4 Å². The number of fused-ring (bicyclic) bond motifs is 2. The Morgan fingerprint density at radius 3 is 1.94 bits per heavy atom. The van der Waals surface area contributed by atoms with Crippen LogP contribution in [0.15, 0.2) is 70.5 Å². The van der Waals surface area contributed by atoms with E-state index in [-0.39, 0.29) is 27.8 Å². The first kappa shape index (κ1) is 39.5. The first-order valence-corrected chi connectivity index (χ1v) is 18.3. The van der Waals surface area contributed by atoms with Gasteiger partial charge >= 0.3 is 0 Å². The molecule has 0 aliphatic carbocycles. The molecule has 0 aliphatic rings. The molecule has 0 amide bonds. The summed E-state index contributed by atoms with van der Waals surface area (Å²) >= 11 is 12.8. The van der Waals surface area contributed by atoms with Crippen molar-refractivity contribution < 1.29 is 41.6 Å². The highest BCUT2D eigenvalue weighted by atomic mass is 35.5. The van der Waals surface area contributed by atoms with Gasteiger partial charge in [0.25, 0.3) is 0 Å². The normalized spacial score (nSPS) is 11.2. The standard InChI is InChI=1S/C22H24ClNO6S.C14H16ClNO4/c1-4-31(25,26)20-13-19(30-14-15-5-7-16(28-3)8-6-15)17-9-10-18(29-12-11-27-2)21(23)22(17)24-20;1-3-19-12-8-10(17)9-4-5-11(20-7-6-18-2)13(15)14(9)16-12/h5-10,13H,4,11-12,14H2,1-3H3;4-5,8H,3,6-7H2,1-2H3,(H,16,17). The number of hydrogen-bond donors (Lipinski definition) is 1. The van der Waals surface area contributed by atoms with Crippen LogP contribution in [-0.4, -0.2) is 78.5 Å². The van der Waals surface area contributed by atoms with Crippen LogP contribution in [0, 0.1) is 0 Å². The lowest BCUT2D eigenvalue weighted by Crippen LogP contribution is -2.08. The molecule has 51 heavy (non-hydrogen) atoms. The average molecular weight is 764 g/mol. The molecule has 0 fully saturated rings. The minimum Gasteiger partial charge on any atom is -0.497 e. The van der Waals surface area contributed by atoms with Crippen molar-refractivity contribution >= 4 is 54.8 Å². The second kappa shape index (κ2) is 18.8. The van der Waals surface area contributed by atoms with Gasteiger partial charge < -0.3 is 38.1 Å². The number of nitrogens with one attached hydrogen (secondary N) is 1. The number of H-pyrrole nitrogens is 1. The molecule has 1 N–H and O–H groups in total. The van der Waals surface area contributed by atoms with E-state index in [2.05, 4.69) is 9.97 Å². The van der Waals surface area contributed by atoms with Crippen LogP contribution in [0.1, 0.15) is 19.4 Å². The summed E-state index contributed by atoms with van der Waals surface area (Å²) in [6, 6.07) is 17.1. The van der Waals surface area contributed by atoms with Crippen LogP contribution in [0.3, 0.4) is 0 Å². The zero-order chi connectivity index (χ0) is 37.0. The van der Waals surface area contributed by atoms with Gasteiger partial charge in [0.05, 0.1) is 43.7 Å². The maximum absolute atomic E-state index is 12.5. The molecule has 0 radical (unpaired) electrons. The number of methoxy groups -OCH3 is 3. The van der Waals surface area contributed by atoms with Crippen molar-refractivity contribution in [1.29, 1.82) is 0 Å². The number of aromatic amines is 1. The zero-order valence-electron chi connectivity index (χ0n) is 28.9. The molecule has 0 saturated heterocycles. The van der Waals surface area contributed by atoms with E-state index in [1.54, 1.807) is 52.5 Å². The lowest BCUT2D eigenvalue weighted by molar-refractivity contribution is 0.146. The number of ether oxygens (including phenoxy) is 7. The van der Waals surface area contributed by atoms with Gasteiger partial charge in [-0.2, -0.15) is 0 Å². The summed E-state index contributed by atoms with van der Waals surface area (Å²) in [5.41, 5.74) is 1.57. The predicted molar refractivity (Wildman–Crippen MR) is 197 cm³/mol. The van der Waals surface area contributed by atoms with Crippen molar-refractivity contribution in [2.75, 3.05) is 60.1 Å². The molecule has 5 rings (SSSR count). The SMILES string of the molecule is CCOc1cc(=O)c2ccc(OCCOC)c(Cl)c2[nH]1.CCS(=O)(=O)c1cc(OCc2ccc(OC)cc2)c2ccc(OCCOC)c(Cl)c2n1. The fraction of sp³-hybridized carbons (Fsp3) is 0.333. The molecule has 0 aliphatic heterocycles. The summed E-state index contributed by atoms with van der Waals surface area (Å²) in [4.78, 5) is 19.3. The van der Waals surface area contributed by atoms with Gasteiger partial charge in [-0.05, 0) is 48.9 Å². The molecule has 0 bridgehead atoms. The van der Waals surface area contributed by atoms with Crippen LogP contribution >= 0.6 is 23.2 Å². The van der Waals surface area contributed by atoms with E-state index in [0.29, 0.717) is 83.0 Å². The van der Waals surface area contributed by atoms with Crippen molar-refractivity contribution in [3.63, 3.8) is 0 Å². The third kappa shape index (κ3) is 10.2. The highest BCUT2D eigenvalue weighted by molar-refractivity contribution is 7.91. The Balaban J connectivity index is 0.000000251. The molecule has 3 aromatic carbocycles. The van der Waals surface area contributed by atoms with Gasteiger partial charge in [-0.1, -0.05) is 42.3 Å². The Morgan fingerprint density at radius 2 is 1.35 bits per heavy atom. The Hall–Kier alpha value is -4.27. The largest absolute Gasteiger partial charge is 0.497 e. The van der Waals surface area contributed by atoms with Crippen molar-refractivity contribution in [1.82, 2.24) is 9.97 Å². The Kier molecular flexibility index (Phi) is 14.6. The second-order valence-electron chi connectivity index (χ2n) is 10.7. The van der Waals surface area contributed by atoms with Crippen LogP contribution in [0.4, 0.5) is 0 Å². The molecule has 0 unspecified atom stereocenters. The van der Waals surface area contributed by atoms with E-state index in [1.165, 1.54) is 12.1 Å². The molecular weight excluding hydrogens is 723 g/mol. The van der Waals surface area contributed by atoms with E-state index in [4.69, 9.17) is 56.4 Å². The predicted octanol–water partition coefficient (Wildman–Crippen LogP) is 6.90. The van der Waals surface area contributed by atoms with Crippen LogP contribution in [0.2, 0.25) is 10.0 Å². The minimum atomic E-state index is -3.58. The fourth-order valence-corrected chi connectivity index (χ4v) is 6.00. The number of nitrogens with zero attached hydrogens (tertiary/aromatic N) is 1. The number of sulfone groups is 1. The number of hydrogen-bond acceptors (Lipinski definition) is 11. The van der Waals surface area contributed by atoms with Gasteiger partial charge in [0.15, 0.2) is 26.2 Å². The topological polar surface area (TPSA) is 144 Å². The monoisotopic (exact) mass is 762 g/mol. The molecule has 0 atom stereocenters. The minimum absolute atomic E-state index is 0.0922. The maximum Gasteiger partial charge on any atom is 0.195 e. The van der Waals surface area contributed by atoms with Crippen molar-refractivity contribution in [3.8, 4) is 28.9 Å². The average Bonchev–Trinajstić information content (AvgIpc) is 3.13. The summed E-state index contributed by atoms with van der Waals surface area (Å²) in [5.74, 6) is 2.30. The third-order valence-corrected chi connectivity index (χ3v) is 9.69. The third-order valence-electron chi connectivity index (χ3n) is 7.35. The molecule has 15 heteroatoms. The molecule has 12 nitrogen and oxygen atoms in total. The highest BCUT2D eigenvalue weighted by Gasteiger charge is 2.20. The van der Waals surface area contributed by atoms with E-state index in [1.807, 2.05) is 31.2 Å². The Bertz CT molecular complexity index is 2090. The number of aromatic nitrogens is 2. The smallest absolute Gasteiger partial charge is 0.195 e. The van der Waals surface area contributed by atoms with Gasteiger partial charge in [-0.15, -0.1) is 0 Å². The molecule has 274 valence electrons. The quantitative estimate of drug-likeness (QED) is 0.105. The summed E-state index contributed by atoms with van der Waals surface area (Å²) < 4.78 is 62.6. The van der Waals surface area contributed by atoms with Crippen LogP contribution in [0.25, 0.3) is 21.8 Å². The lowest BCUT2D eigenvalue weighted by atomic mass is 10.2. The molecule has 0 spiro atoms. The molecule has 2 heterocycles. The molecule has 5 aromatic rings. The van der Waals surface area contributed by atoms with Crippen molar-refractivity contribution in [3.05, 3.63) is 86.5 Å². The summed E-state index contributed by atoms with van der Waals surface area (Å²) in [7, 11) is 1.18. The van der Waals surface area contributed by atoms with E-state index >= 15 is 0 Å². The van der Waals surface area contributed by atoms with Crippen molar-refractivity contribution in [2.24, 2.45) is 0 Å². The fourth-order valence-electron chi connectivity index (χ4n) is 4.66. The van der Waals surface area contributed by atoms with Gasteiger partial charge in [0.2, 0.25) is 0 Å². The molecule has 2 aromatic heterocycles. The van der Waals surface area contributed by atoms with Gasteiger partial charge in [0.1, 0.15) is 52.9 Å². The zero-order valence-corrected chi connectivity index (χ0v) is 31.2. The first-order chi connectivity index (χ1) is 24.6. The number of benzene rings is 3.